The predicted octanol–water partition coefficient (Wildman–Crippen LogP) is 4.68. The number of carbonyl (C=O) groups is 2. The van der Waals surface area contributed by atoms with Crippen molar-refractivity contribution in [3.63, 3.8) is 0 Å². The third-order valence-corrected chi connectivity index (χ3v) is 7.08. The Bertz CT molecular complexity index is 1040. The van der Waals surface area contributed by atoms with Crippen molar-refractivity contribution in [2.24, 2.45) is 5.41 Å². The van der Waals surface area contributed by atoms with Crippen LogP contribution in [0, 0.1) is 5.41 Å². The molecule has 2 N–H and O–H groups in total. The maximum Gasteiger partial charge on any atom is 0.258 e. The Morgan fingerprint density at radius 1 is 0.970 bits per heavy atom. The highest BCUT2D eigenvalue weighted by molar-refractivity contribution is 6.42. The molecule has 2 bridgehead atoms. The summed E-state index contributed by atoms with van der Waals surface area (Å²) < 4.78 is 11.1. The number of amides is 1. The van der Waals surface area contributed by atoms with Crippen LogP contribution in [0.5, 0.6) is 11.5 Å². The second-order valence-corrected chi connectivity index (χ2v) is 10.6. The summed E-state index contributed by atoms with van der Waals surface area (Å²) in [7, 11) is 0. The Balaban J connectivity index is 1.16. The van der Waals surface area contributed by atoms with Crippen molar-refractivity contribution in [3.05, 3.63) is 58.1 Å². The lowest BCUT2D eigenvalue weighted by molar-refractivity contribution is -0.173. The largest absolute Gasteiger partial charge is 0.486 e. The first-order valence-corrected chi connectivity index (χ1v) is 11.6. The van der Waals surface area contributed by atoms with Gasteiger partial charge < -0.3 is 19.9 Å². The van der Waals surface area contributed by atoms with Gasteiger partial charge in [0.15, 0.2) is 12.4 Å². The molecule has 3 fully saturated rings. The summed E-state index contributed by atoms with van der Waals surface area (Å²) in [4.78, 5) is 24.7. The zero-order chi connectivity index (χ0) is 23.9. The number of ketones is 1. The fraction of sp³-hybridized carbons (Fsp3) is 0.440. The van der Waals surface area contributed by atoms with E-state index in [0.29, 0.717) is 28.0 Å². The highest BCUT2D eigenvalue weighted by atomic mass is 35.5. The molecule has 8 heteroatoms. The quantitative estimate of drug-likeness (QED) is 0.504. The van der Waals surface area contributed by atoms with Crippen molar-refractivity contribution in [2.75, 3.05) is 13.2 Å². The van der Waals surface area contributed by atoms with Crippen LogP contribution in [0.25, 0.3) is 0 Å². The normalized spacial score (nSPS) is 23.2. The lowest BCUT2D eigenvalue weighted by atomic mass is 9.38. The van der Waals surface area contributed by atoms with E-state index in [1.807, 2.05) is 0 Å². The summed E-state index contributed by atoms with van der Waals surface area (Å²) in [5, 5.41) is 13.8. The second-order valence-electron chi connectivity index (χ2n) is 9.81. The molecule has 0 heterocycles. The zero-order valence-corrected chi connectivity index (χ0v) is 20.1. The van der Waals surface area contributed by atoms with Crippen LogP contribution in [0.15, 0.2) is 42.5 Å². The molecule has 0 saturated heterocycles. The van der Waals surface area contributed by atoms with E-state index in [0.717, 1.165) is 24.8 Å². The lowest BCUT2D eigenvalue weighted by Crippen LogP contribution is -2.75. The summed E-state index contributed by atoms with van der Waals surface area (Å²) >= 11 is 11.8. The molecule has 0 aliphatic heterocycles. The van der Waals surface area contributed by atoms with Gasteiger partial charge in [0.25, 0.3) is 5.91 Å². The van der Waals surface area contributed by atoms with Crippen LogP contribution < -0.4 is 14.8 Å². The molecule has 3 saturated carbocycles. The molecule has 0 atom stereocenters. The SMILES string of the molecule is CC(C)(O)c1ccc(OCC(=O)CC23CC(NC(=O)COc4ccc(Cl)c(Cl)c4)(C2)C3)cc1. The number of carbonyl (C=O) groups excluding carboxylic acids is 2. The Labute approximate surface area is 203 Å². The minimum Gasteiger partial charge on any atom is -0.486 e. The number of rotatable bonds is 10. The Morgan fingerprint density at radius 3 is 2.18 bits per heavy atom. The molecule has 2 aromatic rings. The molecule has 0 radical (unpaired) electrons. The maximum absolute atomic E-state index is 12.4. The second kappa shape index (κ2) is 8.82. The van der Waals surface area contributed by atoms with E-state index >= 15 is 0 Å². The van der Waals surface area contributed by atoms with E-state index in [2.05, 4.69) is 5.32 Å². The third kappa shape index (κ3) is 5.45. The average molecular weight is 492 g/mol. The molecule has 3 aliphatic carbocycles. The lowest BCUT2D eigenvalue weighted by Gasteiger charge is -2.70. The molecule has 0 unspecified atom stereocenters. The zero-order valence-electron chi connectivity index (χ0n) is 18.6. The first kappa shape index (κ1) is 23.9. The predicted molar refractivity (Wildman–Crippen MR) is 126 cm³/mol. The monoisotopic (exact) mass is 491 g/mol. The van der Waals surface area contributed by atoms with Gasteiger partial charge in [-0.1, -0.05) is 35.3 Å². The van der Waals surface area contributed by atoms with Crippen LogP contribution in [0.4, 0.5) is 0 Å². The van der Waals surface area contributed by atoms with E-state index < -0.39 is 5.60 Å². The Hall–Kier alpha value is -2.28. The van der Waals surface area contributed by atoms with Gasteiger partial charge in [-0.25, -0.2) is 0 Å². The number of benzene rings is 2. The van der Waals surface area contributed by atoms with Gasteiger partial charge in [0.05, 0.1) is 15.6 Å². The number of Topliss-reactive ketones (excluding diaryl/α,β-unsaturated/α-hetero) is 1. The highest BCUT2D eigenvalue weighted by Crippen LogP contribution is 2.69. The molecule has 0 spiro atoms. The molecule has 6 nitrogen and oxygen atoms in total. The standard InChI is InChI=1S/C25H27Cl2NO5/c1-23(2,31)16-3-5-18(6-4-16)32-11-17(29)10-24-13-25(14-24,15-24)28-22(30)12-33-19-7-8-20(26)21(27)9-19/h3-9,31H,10-15H2,1-2H3,(H,28,30). The summed E-state index contributed by atoms with van der Waals surface area (Å²) in [6.45, 7) is 3.34. The summed E-state index contributed by atoms with van der Waals surface area (Å²) in [5.41, 5.74) is -0.376. The van der Waals surface area contributed by atoms with Crippen LogP contribution in [0.3, 0.4) is 0 Å². The van der Waals surface area contributed by atoms with Crippen molar-refractivity contribution in [2.45, 2.75) is 50.7 Å². The molecule has 33 heavy (non-hydrogen) atoms. The van der Waals surface area contributed by atoms with Crippen molar-refractivity contribution in [1.82, 2.24) is 5.32 Å². The number of aliphatic hydroxyl groups is 1. The topological polar surface area (TPSA) is 84.9 Å². The molecule has 1 amide bonds. The molecule has 176 valence electrons. The van der Waals surface area contributed by atoms with E-state index in [-0.39, 0.29) is 35.9 Å². The van der Waals surface area contributed by atoms with Gasteiger partial charge in [-0.05, 0) is 68.4 Å². The van der Waals surface area contributed by atoms with E-state index in [9.17, 15) is 14.7 Å². The number of halogens is 2. The van der Waals surface area contributed by atoms with Gasteiger partial charge >= 0.3 is 0 Å². The van der Waals surface area contributed by atoms with Crippen molar-refractivity contribution in [3.8, 4) is 11.5 Å². The Morgan fingerprint density at radius 2 is 1.58 bits per heavy atom. The van der Waals surface area contributed by atoms with Crippen LogP contribution in [-0.2, 0) is 15.2 Å². The number of nitrogens with one attached hydrogen (secondary N) is 1. The highest BCUT2D eigenvalue weighted by Gasteiger charge is 2.68. The van der Waals surface area contributed by atoms with Gasteiger partial charge in [0.2, 0.25) is 0 Å². The summed E-state index contributed by atoms with van der Waals surface area (Å²) in [6.07, 6.45) is 2.84. The van der Waals surface area contributed by atoms with Crippen LogP contribution in [-0.4, -0.2) is 35.5 Å². The molecule has 0 aromatic heterocycles. The van der Waals surface area contributed by atoms with Crippen molar-refractivity contribution >= 4 is 34.9 Å². The summed E-state index contributed by atoms with van der Waals surface area (Å²) in [5.74, 6) is 0.927. The minimum absolute atomic E-state index is 0.0144. The fourth-order valence-corrected chi connectivity index (χ4v) is 5.25. The van der Waals surface area contributed by atoms with E-state index in [1.54, 1.807) is 56.3 Å². The first-order valence-electron chi connectivity index (χ1n) is 10.8. The number of hydrogen-bond acceptors (Lipinski definition) is 5. The maximum atomic E-state index is 12.4. The van der Waals surface area contributed by atoms with Gasteiger partial charge in [-0.2, -0.15) is 0 Å². The van der Waals surface area contributed by atoms with Gasteiger partial charge in [0.1, 0.15) is 18.1 Å². The molecule has 2 aromatic carbocycles. The number of ether oxygens (including phenoxy) is 2. The molecule has 3 aliphatic rings. The molecular weight excluding hydrogens is 465 g/mol. The smallest absolute Gasteiger partial charge is 0.258 e. The fourth-order valence-electron chi connectivity index (χ4n) is 4.96. The Kier molecular flexibility index (Phi) is 6.38. The van der Waals surface area contributed by atoms with Crippen molar-refractivity contribution in [1.29, 1.82) is 0 Å². The third-order valence-electron chi connectivity index (χ3n) is 6.34. The van der Waals surface area contributed by atoms with Gasteiger partial charge in [-0.15, -0.1) is 0 Å². The van der Waals surface area contributed by atoms with E-state index in [1.165, 1.54) is 0 Å². The average Bonchev–Trinajstić information content (AvgIpc) is 2.70. The van der Waals surface area contributed by atoms with E-state index in [4.69, 9.17) is 32.7 Å². The van der Waals surface area contributed by atoms with Gasteiger partial charge in [-0.3, -0.25) is 9.59 Å². The summed E-state index contributed by atoms with van der Waals surface area (Å²) in [6, 6.07) is 11.9. The van der Waals surface area contributed by atoms with Crippen LogP contribution in [0.2, 0.25) is 10.0 Å². The van der Waals surface area contributed by atoms with Crippen LogP contribution >= 0.6 is 23.2 Å². The van der Waals surface area contributed by atoms with Crippen LogP contribution in [0.1, 0.15) is 45.1 Å². The first-order chi connectivity index (χ1) is 15.5. The molecular formula is C25H27Cl2NO5. The number of hydrogen-bond donors (Lipinski definition) is 2. The minimum atomic E-state index is -0.917. The molecule has 5 rings (SSSR count). The van der Waals surface area contributed by atoms with Crippen molar-refractivity contribution < 1.29 is 24.2 Å². The van der Waals surface area contributed by atoms with Gasteiger partial charge in [0, 0.05) is 18.0 Å².